The molecule has 0 saturated carbocycles. The first-order valence-electron chi connectivity index (χ1n) is 21.1. The van der Waals surface area contributed by atoms with Crippen molar-refractivity contribution in [1.29, 1.82) is 0 Å². The van der Waals surface area contributed by atoms with E-state index in [0.717, 1.165) is 33.2 Å². The van der Waals surface area contributed by atoms with Crippen molar-refractivity contribution in [3.05, 3.63) is 157 Å². The summed E-state index contributed by atoms with van der Waals surface area (Å²) in [7, 11) is 0. The highest BCUT2D eigenvalue weighted by atomic mass is 32.1. The van der Waals surface area contributed by atoms with Crippen molar-refractivity contribution in [2.24, 2.45) is 0 Å². The van der Waals surface area contributed by atoms with Gasteiger partial charge in [0, 0.05) is 52.8 Å². The van der Waals surface area contributed by atoms with Crippen molar-refractivity contribution < 1.29 is 18.1 Å². The number of thiophene rings is 1. The maximum atomic E-state index is 9.35. The highest BCUT2D eigenvalue weighted by molar-refractivity contribution is 7.26. The van der Waals surface area contributed by atoms with E-state index in [-0.39, 0.29) is 83.7 Å². The lowest BCUT2D eigenvalue weighted by Crippen LogP contribution is -2.06. The zero-order valence-electron chi connectivity index (χ0n) is 36.3. The van der Waals surface area contributed by atoms with E-state index >= 15 is 0 Å². The molecule has 0 fully saturated rings. The molecule has 5 nitrogen and oxygen atoms in total. The number of nitrogens with zero attached hydrogens (tertiary/aromatic N) is 4. The SMILES string of the molecule is [2H]c1c([2H])c([2H])c2c(sc3c([2H])c([2H])c4c5c([2H])c([2H])c([2H])c([2H])c5n(-c5nc(-c6ccccc6)nc(-c6ccc7c(c6)oc6cccc(-c8ccccc8)c67)n5)c4c32)c1[2H]. The molecule has 4 heterocycles. The van der Waals surface area contributed by atoms with E-state index in [2.05, 4.69) is 6.07 Å². The number of hydrogen-bond acceptors (Lipinski definition) is 5. The number of rotatable bonds is 4. The molecule has 0 bridgehead atoms. The van der Waals surface area contributed by atoms with Crippen molar-refractivity contribution in [1.82, 2.24) is 19.5 Å². The van der Waals surface area contributed by atoms with Crippen molar-refractivity contribution in [2.45, 2.75) is 0 Å². The maximum Gasteiger partial charge on any atom is 0.238 e. The maximum absolute atomic E-state index is 9.35. The van der Waals surface area contributed by atoms with Gasteiger partial charge in [-0.1, -0.05) is 121 Å². The zero-order valence-corrected chi connectivity index (χ0v) is 27.2. The molecule has 0 saturated heterocycles. The summed E-state index contributed by atoms with van der Waals surface area (Å²) in [5.74, 6) is 0.342. The molecule has 51 heavy (non-hydrogen) atoms. The number of furan rings is 1. The number of benzene rings is 7. The molecule has 0 atom stereocenters. The minimum absolute atomic E-state index is 0.00671. The summed E-state index contributed by atoms with van der Waals surface area (Å²) in [4.78, 5) is 14.9. The normalized spacial score (nSPS) is 14.7. The zero-order chi connectivity index (χ0) is 42.2. The van der Waals surface area contributed by atoms with E-state index in [1.165, 1.54) is 4.57 Å². The fourth-order valence-electron chi connectivity index (χ4n) is 6.94. The van der Waals surface area contributed by atoms with Crippen LogP contribution < -0.4 is 0 Å². The van der Waals surface area contributed by atoms with Gasteiger partial charge < -0.3 is 4.42 Å². The van der Waals surface area contributed by atoms with Gasteiger partial charge in [0.05, 0.1) is 24.7 Å². The van der Waals surface area contributed by atoms with Gasteiger partial charge in [-0.05, 0) is 47.5 Å². The minimum atomic E-state index is -0.546. The number of fused-ring (bicyclic) bond motifs is 10. The predicted octanol–water partition coefficient (Wildman–Crippen LogP) is 12.2. The van der Waals surface area contributed by atoms with Gasteiger partial charge in [-0.15, -0.1) is 11.3 Å². The molecule has 4 aromatic heterocycles. The van der Waals surface area contributed by atoms with Gasteiger partial charge in [0.25, 0.3) is 0 Å². The Morgan fingerprint density at radius 3 is 2.12 bits per heavy atom. The monoisotopic (exact) mass is 680 g/mol. The molecule has 11 rings (SSSR count). The van der Waals surface area contributed by atoms with Crippen molar-refractivity contribution in [3.63, 3.8) is 0 Å². The van der Waals surface area contributed by atoms with Gasteiger partial charge in [0.15, 0.2) is 11.6 Å². The lowest BCUT2D eigenvalue weighted by molar-refractivity contribution is 0.669. The first-order valence-corrected chi connectivity index (χ1v) is 16.9. The lowest BCUT2D eigenvalue weighted by Gasteiger charge is -2.11. The fraction of sp³-hybridized carbons (Fsp3) is 0. The van der Waals surface area contributed by atoms with Gasteiger partial charge in [-0.3, -0.25) is 4.57 Å². The van der Waals surface area contributed by atoms with Crippen LogP contribution in [0.2, 0.25) is 0 Å². The summed E-state index contributed by atoms with van der Waals surface area (Å²) in [6.45, 7) is 0. The summed E-state index contributed by atoms with van der Waals surface area (Å²) in [5, 5.41) is 2.03. The molecule has 0 aliphatic carbocycles. The number of para-hydroxylation sites is 1. The highest BCUT2D eigenvalue weighted by Crippen LogP contribution is 2.43. The van der Waals surface area contributed by atoms with Gasteiger partial charge in [0.2, 0.25) is 5.95 Å². The number of hydrogen-bond donors (Lipinski definition) is 0. The van der Waals surface area contributed by atoms with Crippen molar-refractivity contribution in [3.8, 4) is 39.9 Å². The van der Waals surface area contributed by atoms with E-state index < -0.39 is 36.3 Å². The second kappa shape index (κ2) is 10.9. The molecule has 0 N–H and O–H groups in total. The largest absolute Gasteiger partial charge is 0.456 e. The average Bonchev–Trinajstić information content (AvgIpc) is 3.99. The van der Waals surface area contributed by atoms with Crippen LogP contribution in [-0.4, -0.2) is 19.5 Å². The number of aromatic nitrogens is 4. The molecule has 11 aromatic rings. The second-order valence-electron chi connectivity index (χ2n) is 12.0. The molecule has 0 radical (unpaired) electrons. The van der Waals surface area contributed by atoms with Crippen LogP contribution in [0.15, 0.2) is 162 Å². The van der Waals surface area contributed by atoms with Gasteiger partial charge >= 0.3 is 0 Å². The predicted molar refractivity (Wildman–Crippen MR) is 211 cm³/mol. The van der Waals surface area contributed by atoms with Crippen molar-refractivity contribution >= 4 is 75.3 Å². The Labute approximate surface area is 309 Å². The van der Waals surface area contributed by atoms with E-state index in [9.17, 15) is 4.11 Å². The third-order valence-electron chi connectivity index (χ3n) is 9.17. The van der Waals surface area contributed by atoms with E-state index in [1.54, 1.807) is 0 Å². The van der Waals surface area contributed by atoms with Crippen LogP contribution in [0.3, 0.4) is 0 Å². The molecular formula is C45H26N4OS. The Bertz CT molecular complexity index is 3720. The van der Waals surface area contributed by atoms with Crippen LogP contribution in [0, 0.1) is 0 Å². The fourth-order valence-corrected chi connectivity index (χ4v) is 7.91. The average molecular weight is 681 g/mol. The molecule has 0 unspecified atom stereocenters. The van der Waals surface area contributed by atoms with Gasteiger partial charge in [0.1, 0.15) is 11.2 Å². The van der Waals surface area contributed by atoms with Crippen LogP contribution >= 0.6 is 11.3 Å². The molecule has 0 aliphatic heterocycles. The molecule has 7 aromatic carbocycles. The Hall–Kier alpha value is -6.63. The van der Waals surface area contributed by atoms with Gasteiger partial charge in [-0.2, -0.15) is 9.97 Å². The molecular weight excluding hydrogens is 645 g/mol. The van der Waals surface area contributed by atoms with Crippen LogP contribution in [0.25, 0.3) is 104 Å². The van der Waals surface area contributed by atoms with Crippen LogP contribution in [-0.2, 0) is 0 Å². The summed E-state index contributed by atoms with van der Waals surface area (Å²) >= 11 is 0.949. The summed E-state index contributed by atoms with van der Waals surface area (Å²) < 4.78 is 97.4. The molecule has 6 heteroatoms. The Kier molecular flexibility index (Phi) is 4.32. The van der Waals surface area contributed by atoms with E-state index in [1.807, 2.05) is 91.0 Å². The minimum Gasteiger partial charge on any atom is -0.456 e. The lowest BCUT2D eigenvalue weighted by atomic mass is 9.99. The van der Waals surface area contributed by atoms with Crippen molar-refractivity contribution in [2.75, 3.05) is 0 Å². The molecule has 0 amide bonds. The summed E-state index contributed by atoms with van der Waals surface area (Å²) in [6.07, 6.45) is 0. The smallest absolute Gasteiger partial charge is 0.238 e. The Balaban J connectivity index is 1.28. The van der Waals surface area contributed by atoms with Crippen LogP contribution in [0.5, 0.6) is 0 Å². The summed E-state index contributed by atoms with van der Waals surface area (Å²) in [5.41, 5.74) is 4.51. The van der Waals surface area contributed by atoms with Crippen LogP contribution in [0.4, 0.5) is 0 Å². The molecule has 238 valence electrons. The quantitative estimate of drug-likeness (QED) is 0.186. The first kappa shape index (κ1) is 20.1. The topological polar surface area (TPSA) is 56.7 Å². The molecule has 0 spiro atoms. The third kappa shape index (κ3) is 4.30. The van der Waals surface area contributed by atoms with Gasteiger partial charge in [-0.25, -0.2) is 4.98 Å². The second-order valence-corrected chi connectivity index (χ2v) is 13.1. The Morgan fingerprint density at radius 2 is 1.27 bits per heavy atom. The first-order chi connectivity index (χ1) is 29.4. The van der Waals surface area contributed by atoms with E-state index in [4.69, 9.17) is 29.0 Å². The summed E-state index contributed by atoms with van der Waals surface area (Å²) in [6, 6.07) is 26.5. The molecule has 0 aliphatic rings. The Morgan fingerprint density at radius 1 is 0.529 bits per heavy atom. The third-order valence-corrected chi connectivity index (χ3v) is 10.2. The standard InChI is InChI=1S/C45H26N4OS/c1-3-12-27(13-4-1)30-18-11-20-36-40(30)33-23-22-29(26-37(33)50-36)44-46-43(28-14-5-2-6-15-28)47-45(48-44)49-35-19-9-7-16-31(35)32-24-25-39-41(42(32)49)34-17-8-10-21-38(34)51-39/h1-26H/i7D,8D,9D,10D,16D,17D,19D,21D,24D,25D. The highest BCUT2D eigenvalue weighted by Gasteiger charge is 2.22. The van der Waals surface area contributed by atoms with E-state index in [0.29, 0.717) is 22.3 Å². The van der Waals surface area contributed by atoms with Crippen LogP contribution in [0.1, 0.15) is 13.7 Å².